The van der Waals surface area contributed by atoms with Crippen LogP contribution in [0.5, 0.6) is 0 Å². The van der Waals surface area contributed by atoms with Crippen LogP contribution in [0.1, 0.15) is 19.3 Å². The van der Waals surface area contributed by atoms with Crippen LogP contribution in [-0.4, -0.2) is 6.21 Å². The first-order chi connectivity index (χ1) is 7.38. The summed E-state index contributed by atoms with van der Waals surface area (Å²) in [5.74, 6) is 0. The van der Waals surface area contributed by atoms with E-state index in [4.69, 9.17) is 10.7 Å². The van der Waals surface area contributed by atoms with Gasteiger partial charge in [0.05, 0.1) is 11.6 Å². The fraction of sp³-hybridized carbons (Fsp3) is 0.231. The molecule has 0 saturated carbocycles. The third-order valence-electron chi connectivity index (χ3n) is 2.13. The van der Waals surface area contributed by atoms with Gasteiger partial charge in [-0.2, -0.15) is 5.26 Å². The first-order valence-electron chi connectivity index (χ1n) is 5.00. The zero-order valence-corrected chi connectivity index (χ0v) is 8.61. The molecular weight excluding hydrogens is 184 g/mol. The zero-order chi connectivity index (χ0) is 10.9. The summed E-state index contributed by atoms with van der Waals surface area (Å²) in [4.78, 5) is 0. The molecule has 15 heavy (non-hydrogen) atoms. The molecule has 2 nitrogen and oxygen atoms in total. The number of hydrogen-bond acceptors (Lipinski definition) is 2. The molecule has 0 spiro atoms. The van der Waals surface area contributed by atoms with Crippen molar-refractivity contribution in [2.24, 2.45) is 0 Å². The van der Waals surface area contributed by atoms with Crippen molar-refractivity contribution in [3.8, 4) is 6.07 Å². The van der Waals surface area contributed by atoms with E-state index in [2.05, 4.69) is 12.1 Å². The second-order valence-corrected chi connectivity index (χ2v) is 3.22. The summed E-state index contributed by atoms with van der Waals surface area (Å²) in [7, 11) is 0. The maximum Gasteiger partial charge on any atom is 0.0994 e. The lowest BCUT2D eigenvalue weighted by Gasteiger charge is -2.06. The molecule has 0 saturated heterocycles. The molecular formula is C13H14N2. The fourth-order valence-electron chi connectivity index (χ4n) is 1.35. The van der Waals surface area contributed by atoms with Crippen LogP contribution in [-0.2, 0) is 0 Å². The quantitative estimate of drug-likeness (QED) is 0.420. The molecule has 1 aliphatic rings. The van der Waals surface area contributed by atoms with Crippen LogP contribution in [0, 0.1) is 16.7 Å². The number of rotatable bonds is 4. The molecule has 0 radical (unpaired) electrons. The predicted molar refractivity (Wildman–Crippen MR) is 62.7 cm³/mol. The summed E-state index contributed by atoms with van der Waals surface area (Å²) in [5, 5.41) is 15.8. The molecule has 1 N–H and O–H groups in total. The highest BCUT2D eigenvalue weighted by Gasteiger charge is 2.03. The van der Waals surface area contributed by atoms with Crippen LogP contribution >= 0.6 is 0 Å². The second kappa shape index (κ2) is 6.56. The Balaban J connectivity index is 2.71. The summed E-state index contributed by atoms with van der Waals surface area (Å²) in [6.07, 6.45) is 15.5. The molecule has 0 heterocycles. The summed E-state index contributed by atoms with van der Waals surface area (Å²) < 4.78 is 0. The highest BCUT2D eigenvalue weighted by Crippen LogP contribution is 2.19. The molecule has 0 unspecified atom stereocenters. The van der Waals surface area contributed by atoms with Crippen LogP contribution in [0.3, 0.4) is 0 Å². The number of hydrogen-bond donors (Lipinski definition) is 1. The summed E-state index contributed by atoms with van der Waals surface area (Å²) in [6.45, 7) is 0. The fourth-order valence-corrected chi connectivity index (χ4v) is 1.35. The molecule has 0 aromatic rings. The van der Waals surface area contributed by atoms with Gasteiger partial charge in [-0.3, -0.25) is 0 Å². The molecule has 2 heteroatoms. The minimum absolute atomic E-state index is 0.619. The van der Waals surface area contributed by atoms with E-state index in [-0.39, 0.29) is 0 Å². The van der Waals surface area contributed by atoms with E-state index in [1.807, 2.05) is 30.4 Å². The highest BCUT2D eigenvalue weighted by atomic mass is 14.3. The Bertz CT molecular complexity index is 376. The summed E-state index contributed by atoms with van der Waals surface area (Å²) >= 11 is 0. The standard InChI is InChI=1S/C13H14N2/c14-10-6-2-5-9-13(11-15)12-7-3-1-4-8-12/h1-3,5,7,9-10,14H,4,6,8H2/b5-2+,13-9+,14-10?. The van der Waals surface area contributed by atoms with Crippen molar-refractivity contribution in [3.63, 3.8) is 0 Å². The smallest absolute Gasteiger partial charge is 0.0994 e. The molecule has 1 rings (SSSR count). The molecule has 0 aliphatic heterocycles. The van der Waals surface area contributed by atoms with E-state index in [1.54, 1.807) is 0 Å². The predicted octanol–water partition coefficient (Wildman–Crippen LogP) is 3.31. The average Bonchev–Trinajstić information content (AvgIpc) is 2.30. The van der Waals surface area contributed by atoms with Crippen molar-refractivity contribution in [3.05, 3.63) is 47.6 Å². The Morgan fingerprint density at radius 2 is 2.47 bits per heavy atom. The van der Waals surface area contributed by atoms with Crippen molar-refractivity contribution in [2.75, 3.05) is 0 Å². The molecule has 0 bridgehead atoms. The Morgan fingerprint density at radius 3 is 3.07 bits per heavy atom. The topological polar surface area (TPSA) is 47.6 Å². The molecule has 76 valence electrons. The SMILES string of the molecule is N#C/C(=C\C=C\CC=N)C1=CC=CCC1. The zero-order valence-electron chi connectivity index (χ0n) is 8.61. The molecule has 0 amide bonds. The van der Waals surface area contributed by atoms with Gasteiger partial charge in [0.2, 0.25) is 0 Å². The van der Waals surface area contributed by atoms with Crippen molar-refractivity contribution >= 4 is 6.21 Å². The largest absolute Gasteiger partial charge is 0.313 e. The molecule has 1 aliphatic carbocycles. The molecule has 0 fully saturated rings. The van der Waals surface area contributed by atoms with Crippen molar-refractivity contribution < 1.29 is 0 Å². The Labute approximate surface area is 90.4 Å². The van der Waals surface area contributed by atoms with Gasteiger partial charge in [-0.1, -0.05) is 30.4 Å². The lowest BCUT2D eigenvalue weighted by atomic mass is 9.98. The summed E-state index contributed by atoms with van der Waals surface area (Å²) in [5.41, 5.74) is 1.82. The van der Waals surface area contributed by atoms with Crippen molar-refractivity contribution in [1.29, 1.82) is 10.7 Å². The second-order valence-electron chi connectivity index (χ2n) is 3.22. The van der Waals surface area contributed by atoms with Crippen molar-refractivity contribution in [1.82, 2.24) is 0 Å². The normalized spacial score (nSPS) is 16.2. The summed E-state index contributed by atoms with van der Waals surface area (Å²) in [6, 6.07) is 2.20. The van der Waals surface area contributed by atoms with E-state index in [0.29, 0.717) is 6.42 Å². The van der Waals surface area contributed by atoms with E-state index in [9.17, 15) is 0 Å². The average molecular weight is 198 g/mol. The monoisotopic (exact) mass is 198 g/mol. The van der Waals surface area contributed by atoms with Gasteiger partial charge in [-0.05, 0) is 30.7 Å². The lowest BCUT2D eigenvalue weighted by Crippen LogP contribution is -1.90. The first kappa shape index (κ1) is 11.2. The molecule has 0 aromatic heterocycles. The van der Waals surface area contributed by atoms with Gasteiger partial charge < -0.3 is 5.41 Å². The van der Waals surface area contributed by atoms with E-state index in [1.165, 1.54) is 6.21 Å². The van der Waals surface area contributed by atoms with Crippen LogP contribution in [0.4, 0.5) is 0 Å². The van der Waals surface area contributed by atoms with Gasteiger partial charge in [0.1, 0.15) is 0 Å². The van der Waals surface area contributed by atoms with Gasteiger partial charge in [0.25, 0.3) is 0 Å². The Kier molecular flexibility index (Phi) is 4.89. The van der Waals surface area contributed by atoms with Crippen LogP contribution < -0.4 is 0 Å². The van der Waals surface area contributed by atoms with Gasteiger partial charge in [-0.15, -0.1) is 0 Å². The van der Waals surface area contributed by atoms with E-state index < -0.39 is 0 Å². The number of nitrogens with one attached hydrogen (secondary N) is 1. The van der Waals surface area contributed by atoms with Gasteiger partial charge >= 0.3 is 0 Å². The Hall–Kier alpha value is -1.88. The van der Waals surface area contributed by atoms with Gasteiger partial charge in [0.15, 0.2) is 0 Å². The third kappa shape index (κ3) is 3.78. The minimum Gasteiger partial charge on any atom is -0.313 e. The number of nitrogens with zero attached hydrogens (tertiary/aromatic N) is 1. The van der Waals surface area contributed by atoms with Gasteiger partial charge in [-0.25, -0.2) is 0 Å². The first-order valence-corrected chi connectivity index (χ1v) is 5.00. The van der Waals surface area contributed by atoms with E-state index in [0.717, 1.165) is 24.0 Å². The third-order valence-corrected chi connectivity index (χ3v) is 2.13. The minimum atomic E-state index is 0.619. The van der Waals surface area contributed by atoms with E-state index >= 15 is 0 Å². The number of allylic oxidation sites excluding steroid dienone is 8. The maximum absolute atomic E-state index is 8.97. The van der Waals surface area contributed by atoms with Gasteiger partial charge in [0, 0.05) is 6.42 Å². The van der Waals surface area contributed by atoms with Crippen LogP contribution in [0.25, 0.3) is 0 Å². The molecule has 0 aromatic carbocycles. The van der Waals surface area contributed by atoms with Crippen LogP contribution in [0.2, 0.25) is 0 Å². The van der Waals surface area contributed by atoms with Crippen LogP contribution in [0.15, 0.2) is 47.6 Å². The maximum atomic E-state index is 8.97. The molecule has 0 atom stereocenters. The number of nitriles is 1. The lowest BCUT2D eigenvalue weighted by molar-refractivity contribution is 0.979. The Morgan fingerprint density at radius 1 is 1.60 bits per heavy atom. The van der Waals surface area contributed by atoms with Crippen molar-refractivity contribution in [2.45, 2.75) is 19.3 Å². The highest BCUT2D eigenvalue weighted by molar-refractivity contribution is 5.55.